The number of nitrogens with two attached hydrogens (primary N) is 1. The van der Waals surface area contributed by atoms with Crippen LogP contribution in [-0.2, 0) is 15.0 Å². The summed E-state index contributed by atoms with van der Waals surface area (Å²) in [4.78, 5) is 4.42. The molecule has 0 aromatic carbocycles. The maximum absolute atomic E-state index is 6.37. The Morgan fingerprint density at radius 3 is 2.72 bits per heavy atom. The van der Waals surface area contributed by atoms with Crippen molar-refractivity contribution < 1.29 is 14.0 Å². The van der Waals surface area contributed by atoms with Crippen LogP contribution in [0.4, 0.5) is 0 Å². The maximum Gasteiger partial charge on any atom is 0.258 e. The summed E-state index contributed by atoms with van der Waals surface area (Å²) in [7, 11) is 0. The zero-order chi connectivity index (χ0) is 12.4. The van der Waals surface area contributed by atoms with E-state index in [1.54, 1.807) is 0 Å². The minimum absolute atomic E-state index is 0.243. The van der Waals surface area contributed by atoms with Crippen LogP contribution in [0.2, 0.25) is 0 Å². The standard InChI is InChI=1S/C12H19N3O3/c13-12(4-2-1-3-5-12)11-14-10(18-15-11)9-8-16-6-7-17-9/h9H,1-8,13H2. The van der Waals surface area contributed by atoms with Gasteiger partial charge in [0.2, 0.25) is 0 Å². The lowest BCUT2D eigenvalue weighted by atomic mass is 9.82. The monoisotopic (exact) mass is 253 g/mol. The van der Waals surface area contributed by atoms with Crippen LogP contribution in [0.5, 0.6) is 0 Å². The largest absolute Gasteiger partial charge is 0.376 e. The van der Waals surface area contributed by atoms with Crippen LogP contribution in [0.1, 0.15) is 49.9 Å². The molecule has 0 amide bonds. The van der Waals surface area contributed by atoms with Gasteiger partial charge in [0, 0.05) is 0 Å². The fraction of sp³-hybridized carbons (Fsp3) is 0.833. The van der Waals surface area contributed by atoms with E-state index in [0.717, 1.165) is 25.7 Å². The first-order valence-corrected chi connectivity index (χ1v) is 6.60. The maximum atomic E-state index is 6.37. The molecule has 0 radical (unpaired) electrons. The predicted molar refractivity (Wildman–Crippen MR) is 62.8 cm³/mol. The molecule has 1 aliphatic heterocycles. The van der Waals surface area contributed by atoms with Crippen LogP contribution >= 0.6 is 0 Å². The molecule has 1 atom stereocenters. The minimum atomic E-state index is -0.421. The summed E-state index contributed by atoms with van der Waals surface area (Å²) < 4.78 is 16.1. The lowest BCUT2D eigenvalue weighted by Gasteiger charge is -2.29. The number of ether oxygens (including phenoxy) is 2. The highest BCUT2D eigenvalue weighted by Crippen LogP contribution is 2.33. The summed E-state index contributed by atoms with van der Waals surface area (Å²) in [5.41, 5.74) is 5.95. The van der Waals surface area contributed by atoms with Gasteiger partial charge >= 0.3 is 0 Å². The zero-order valence-corrected chi connectivity index (χ0v) is 10.4. The van der Waals surface area contributed by atoms with Crippen LogP contribution in [0, 0.1) is 0 Å². The molecule has 2 fully saturated rings. The van der Waals surface area contributed by atoms with Gasteiger partial charge in [0.05, 0.1) is 25.4 Å². The SMILES string of the molecule is NC1(c2noc(C3COCCO3)n2)CCCCC1. The molecule has 1 unspecified atom stereocenters. The number of nitrogens with zero attached hydrogens (tertiary/aromatic N) is 2. The first-order chi connectivity index (χ1) is 8.78. The predicted octanol–water partition coefficient (Wildman–Crippen LogP) is 1.28. The van der Waals surface area contributed by atoms with Gasteiger partial charge in [-0.15, -0.1) is 0 Å². The lowest BCUT2D eigenvalue weighted by Crippen LogP contribution is -2.39. The normalized spacial score (nSPS) is 28.2. The Balaban J connectivity index is 1.75. The topological polar surface area (TPSA) is 83.4 Å². The Morgan fingerprint density at radius 1 is 1.17 bits per heavy atom. The molecule has 2 aliphatic rings. The fourth-order valence-corrected chi connectivity index (χ4v) is 2.60. The minimum Gasteiger partial charge on any atom is -0.376 e. The Morgan fingerprint density at radius 2 is 2.00 bits per heavy atom. The van der Waals surface area contributed by atoms with E-state index in [1.807, 2.05) is 0 Å². The molecule has 1 aromatic heterocycles. The lowest BCUT2D eigenvalue weighted by molar-refractivity contribution is -0.101. The quantitative estimate of drug-likeness (QED) is 0.854. The van der Waals surface area contributed by atoms with Gasteiger partial charge in [-0.05, 0) is 12.8 Å². The second-order valence-corrected chi connectivity index (χ2v) is 5.11. The molecule has 0 bridgehead atoms. The van der Waals surface area contributed by atoms with E-state index in [2.05, 4.69) is 10.1 Å². The van der Waals surface area contributed by atoms with Crippen molar-refractivity contribution in [3.8, 4) is 0 Å². The Labute approximate surface area is 106 Å². The van der Waals surface area contributed by atoms with Crippen molar-refractivity contribution in [1.82, 2.24) is 10.1 Å². The van der Waals surface area contributed by atoms with Crippen LogP contribution in [0.15, 0.2) is 4.52 Å². The Hall–Kier alpha value is -0.980. The van der Waals surface area contributed by atoms with Crippen molar-refractivity contribution >= 4 is 0 Å². The molecular weight excluding hydrogens is 234 g/mol. The molecule has 1 saturated heterocycles. The summed E-state index contributed by atoms with van der Waals surface area (Å²) in [6.07, 6.45) is 5.10. The van der Waals surface area contributed by atoms with E-state index in [4.69, 9.17) is 19.7 Å². The van der Waals surface area contributed by atoms with Crippen LogP contribution in [0.25, 0.3) is 0 Å². The summed E-state index contributed by atoms with van der Waals surface area (Å²) in [6, 6.07) is 0. The average molecular weight is 253 g/mol. The first-order valence-electron chi connectivity index (χ1n) is 6.60. The second-order valence-electron chi connectivity index (χ2n) is 5.11. The van der Waals surface area contributed by atoms with Gasteiger partial charge < -0.3 is 19.7 Å². The number of rotatable bonds is 2. The van der Waals surface area contributed by atoms with Crippen molar-refractivity contribution in [2.45, 2.75) is 43.7 Å². The fourth-order valence-electron chi connectivity index (χ4n) is 2.60. The molecule has 3 rings (SSSR count). The van der Waals surface area contributed by atoms with Crippen LogP contribution in [-0.4, -0.2) is 30.0 Å². The molecule has 1 saturated carbocycles. The summed E-state index contributed by atoms with van der Waals surface area (Å²) >= 11 is 0. The van der Waals surface area contributed by atoms with Crippen molar-refractivity contribution in [3.63, 3.8) is 0 Å². The third kappa shape index (κ3) is 2.28. The van der Waals surface area contributed by atoms with E-state index < -0.39 is 5.54 Å². The molecule has 2 heterocycles. The summed E-state index contributed by atoms with van der Waals surface area (Å²) in [5.74, 6) is 1.10. The van der Waals surface area contributed by atoms with Crippen molar-refractivity contribution in [2.75, 3.05) is 19.8 Å². The first kappa shape index (κ1) is 12.1. The Kier molecular flexibility index (Phi) is 3.32. The molecule has 100 valence electrons. The number of hydrogen-bond acceptors (Lipinski definition) is 6. The molecule has 1 aromatic rings. The molecular formula is C12H19N3O3. The molecule has 2 N–H and O–H groups in total. The van der Waals surface area contributed by atoms with E-state index in [-0.39, 0.29) is 6.10 Å². The number of hydrogen-bond donors (Lipinski definition) is 1. The highest BCUT2D eigenvalue weighted by atomic mass is 16.6. The molecule has 6 nitrogen and oxygen atoms in total. The van der Waals surface area contributed by atoms with E-state index in [9.17, 15) is 0 Å². The smallest absolute Gasteiger partial charge is 0.258 e. The van der Waals surface area contributed by atoms with Gasteiger partial charge in [-0.1, -0.05) is 24.4 Å². The van der Waals surface area contributed by atoms with Gasteiger partial charge in [-0.3, -0.25) is 0 Å². The van der Waals surface area contributed by atoms with Gasteiger partial charge in [0.1, 0.15) is 0 Å². The highest BCUT2D eigenvalue weighted by Gasteiger charge is 2.35. The van der Waals surface area contributed by atoms with Gasteiger partial charge in [0.25, 0.3) is 5.89 Å². The van der Waals surface area contributed by atoms with Crippen molar-refractivity contribution in [2.24, 2.45) is 5.73 Å². The third-order valence-electron chi connectivity index (χ3n) is 3.72. The molecule has 6 heteroatoms. The van der Waals surface area contributed by atoms with E-state index in [1.165, 1.54) is 6.42 Å². The van der Waals surface area contributed by atoms with Gasteiger partial charge in [-0.25, -0.2) is 0 Å². The average Bonchev–Trinajstić information content (AvgIpc) is 2.91. The van der Waals surface area contributed by atoms with Gasteiger partial charge in [0.15, 0.2) is 11.9 Å². The third-order valence-corrected chi connectivity index (χ3v) is 3.72. The number of aromatic nitrogens is 2. The van der Waals surface area contributed by atoms with Crippen LogP contribution in [0.3, 0.4) is 0 Å². The van der Waals surface area contributed by atoms with Crippen molar-refractivity contribution in [3.05, 3.63) is 11.7 Å². The molecule has 0 spiro atoms. The van der Waals surface area contributed by atoms with Gasteiger partial charge in [-0.2, -0.15) is 4.98 Å². The van der Waals surface area contributed by atoms with E-state index >= 15 is 0 Å². The molecule has 18 heavy (non-hydrogen) atoms. The van der Waals surface area contributed by atoms with E-state index in [0.29, 0.717) is 31.5 Å². The second kappa shape index (κ2) is 4.95. The summed E-state index contributed by atoms with van der Waals surface area (Å²) in [6.45, 7) is 1.66. The van der Waals surface area contributed by atoms with Crippen molar-refractivity contribution in [1.29, 1.82) is 0 Å². The zero-order valence-electron chi connectivity index (χ0n) is 10.4. The Bertz CT molecular complexity index is 395. The summed E-state index contributed by atoms with van der Waals surface area (Å²) in [5, 5.41) is 4.04. The van der Waals surface area contributed by atoms with Crippen LogP contribution < -0.4 is 5.73 Å². The molecule has 1 aliphatic carbocycles. The highest BCUT2D eigenvalue weighted by molar-refractivity contribution is 5.06.